The second-order valence-corrected chi connectivity index (χ2v) is 7.53. The molecule has 3 amide bonds. The van der Waals surface area contributed by atoms with Crippen LogP contribution in [0.15, 0.2) is 35.0 Å². The van der Waals surface area contributed by atoms with Crippen molar-refractivity contribution in [2.75, 3.05) is 44.8 Å². The summed E-state index contributed by atoms with van der Waals surface area (Å²) in [6.07, 6.45) is 0. The van der Waals surface area contributed by atoms with Crippen LogP contribution in [0.25, 0.3) is 0 Å². The van der Waals surface area contributed by atoms with Gasteiger partial charge in [-0.1, -0.05) is 0 Å². The lowest BCUT2D eigenvalue weighted by atomic mass is 10.2. The zero-order chi connectivity index (χ0) is 19.3. The number of benzene rings is 1. The fourth-order valence-corrected chi connectivity index (χ4v) is 3.91. The number of thiophene rings is 1. The number of nitrogens with zero attached hydrogens (tertiary/aromatic N) is 2. The number of imide groups is 1. The molecule has 2 aliphatic heterocycles. The topological polar surface area (TPSA) is 83.1 Å². The van der Waals surface area contributed by atoms with Crippen LogP contribution in [0.5, 0.6) is 11.5 Å². The number of fused-ring (bicyclic) bond motifs is 1. The van der Waals surface area contributed by atoms with Crippen molar-refractivity contribution in [2.24, 2.45) is 0 Å². The minimum atomic E-state index is -0.556. The molecule has 148 valence electrons. The van der Waals surface area contributed by atoms with Gasteiger partial charge in [0, 0.05) is 44.5 Å². The Balaban J connectivity index is 1.19. The van der Waals surface area contributed by atoms with Crippen LogP contribution in [0, 0.1) is 0 Å². The molecular weight excluding hydrogens is 380 g/mol. The Bertz CT molecular complexity index is 834. The van der Waals surface area contributed by atoms with Crippen molar-refractivity contribution in [1.29, 1.82) is 0 Å². The quantitative estimate of drug-likeness (QED) is 0.795. The summed E-state index contributed by atoms with van der Waals surface area (Å²) in [5.74, 6) is 0.897. The third kappa shape index (κ3) is 4.80. The van der Waals surface area contributed by atoms with Crippen LogP contribution in [0.2, 0.25) is 0 Å². The van der Waals surface area contributed by atoms with Crippen LogP contribution in [-0.4, -0.2) is 61.3 Å². The summed E-state index contributed by atoms with van der Waals surface area (Å²) < 4.78 is 10.5. The Morgan fingerprint density at radius 3 is 2.61 bits per heavy atom. The number of piperazine rings is 1. The van der Waals surface area contributed by atoms with Gasteiger partial charge in [-0.05, 0) is 34.5 Å². The monoisotopic (exact) mass is 402 g/mol. The van der Waals surface area contributed by atoms with Gasteiger partial charge in [0.15, 0.2) is 11.5 Å². The lowest BCUT2D eigenvalue weighted by molar-refractivity contribution is -0.121. The molecule has 9 heteroatoms. The summed E-state index contributed by atoms with van der Waals surface area (Å²) >= 11 is 1.71. The highest BCUT2D eigenvalue weighted by atomic mass is 32.1. The first-order chi connectivity index (χ1) is 13.7. The predicted octanol–water partition coefficient (Wildman–Crippen LogP) is 1.94. The minimum Gasteiger partial charge on any atom is -0.454 e. The van der Waals surface area contributed by atoms with Crippen LogP contribution in [-0.2, 0) is 11.3 Å². The predicted molar refractivity (Wildman–Crippen MR) is 106 cm³/mol. The Morgan fingerprint density at radius 2 is 1.82 bits per heavy atom. The van der Waals surface area contributed by atoms with E-state index in [4.69, 9.17) is 9.47 Å². The largest absolute Gasteiger partial charge is 0.454 e. The lowest BCUT2D eigenvalue weighted by Gasteiger charge is -2.34. The summed E-state index contributed by atoms with van der Waals surface area (Å²) in [6.45, 7) is 4.76. The number of ether oxygens (including phenoxy) is 2. The zero-order valence-electron chi connectivity index (χ0n) is 15.3. The molecule has 1 fully saturated rings. The zero-order valence-corrected chi connectivity index (χ0v) is 16.2. The highest BCUT2D eigenvalue weighted by molar-refractivity contribution is 7.07. The van der Waals surface area contributed by atoms with Crippen LogP contribution >= 0.6 is 11.3 Å². The van der Waals surface area contributed by atoms with E-state index in [-0.39, 0.29) is 19.2 Å². The van der Waals surface area contributed by atoms with E-state index >= 15 is 0 Å². The third-order valence-corrected chi connectivity index (χ3v) is 5.43. The molecule has 2 N–H and O–H groups in total. The summed E-state index contributed by atoms with van der Waals surface area (Å²) in [4.78, 5) is 28.7. The second-order valence-electron chi connectivity index (χ2n) is 6.75. The molecule has 0 radical (unpaired) electrons. The van der Waals surface area contributed by atoms with Crippen LogP contribution in [0.3, 0.4) is 0 Å². The molecule has 1 aromatic heterocycles. The molecule has 0 aliphatic carbocycles. The second kappa shape index (κ2) is 8.59. The summed E-state index contributed by atoms with van der Waals surface area (Å²) in [5.41, 5.74) is 1.87. The Hall–Kier alpha value is -2.62. The van der Waals surface area contributed by atoms with E-state index in [1.807, 2.05) is 0 Å². The van der Waals surface area contributed by atoms with Crippen LogP contribution in [0.4, 0.5) is 10.5 Å². The first kappa shape index (κ1) is 18.7. The molecule has 0 bridgehead atoms. The van der Waals surface area contributed by atoms with Crippen molar-refractivity contribution in [3.8, 4) is 11.5 Å². The van der Waals surface area contributed by atoms with Crippen molar-refractivity contribution in [1.82, 2.24) is 15.1 Å². The number of carbonyl (C=O) groups excluding carboxylic acids is 2. The van der Waals surface area contributed by atoms with Crippen molar-refractivity contribution < 1.29 is 19.1 Å². The van der Waals surface area contributed by atoms with Gasteiger partial charge in [-0.15, -0.1) is 0 Å². The van der Waals surface area contributed by atoms with Gasteiger partial charge in [0.25, 0.3) is 0 Å². The van der Waals surface area contributed by atoms with Crippen molar-refractivity contribution >= 4 is 29.0 Å². The number of carbonyl (C=O) groups is 2. The molecule has 2 aliphatic rings. The van der Waals surface area contributed by atoms with Crippen LogP contribution < -0.4 is 20.1 Å². The number of nitrogens with one attached hydrogen (secondary N) is 2. The molecule has 1 saturated heterocycles. The molecule has 1 aromatic carbocycles. The van der Waals surface area contributed by atoms with Gasteiger partial charge >= 0.3 is 6.03 Å². The van der Waals surface area contributed by atoms with Gasteiger partial charge in [0.2, 0.25) is 12.7 Å². The number of hydrogen-bond acceptors (Lipinski definition) is 7. The fourth-order valence-electron chi connectivity index (χ4n) is 3.25. The van der Waals surface area contributed by atoms with Gasteiger partial charge < -0.3 is 14.8 Å². The van der Waals surface area contributed by atoms with E-state index in [9.17, 15) is 9.59 Å². The van der Waals surface area contributed by atoms with E-state index in [1.165, 1.54) is 5.56 Å². The van der Waals surface area contributed by atoms with E-state index in [0.717, 1.165) is 32.7 Å². The average molecular weight is 402 g/mol. The van der Waals surface area contributed by atoms with Gasteiger partial charge in [-0.3, -0.25) is 19.9 Å². The molecule has 2 aromatic rings. The molecule has 0 spiro atoms. The van der Waals surface area contributed by atoms with Gasteiger partial charge in [-0.2, -0.15) is 11.3 Å². The Morgan fingerprint density at radius 1 is 1.04 bits per heavy atom. The summed E-state index contributed by atoms with van der Waals surface area (Å²) in [6, 6.07) is 6.67. The SMILES string of the molecule is O=C(CN1CCN(Cc2ccsc2)CC1)NC(=O)Nc1ccc2c(c1)OCO2. The lowest BCUT2D eigenvalue weighted by Crippen LogP contribution is -2.50. The maximum atomic E-state index is 12.2. The number of hydrogen-bond donors (Lipinski definition) is 2. The highest BCUT2D eigenvalue weighted by Crippen LogP contribution is 2.34. The summed E-state index contributed by atoms with van der Waals surface area (Å²) in [7, 11) is 0. The smallest absolute Gasteiger partial charge is 0.325 e. The van der Waals surface area contributed by atoms with Gasteiger partial charge in [-0.25, -0.2) is 4.79 Å². The number of amides is 3. The molecule has 0 atom stereocenters. The molecular formula is C19H22N4O4S. The normalized spacial score (nSPS) is 16.7. The van der Waals surface area contributed by atoms with Crippen molar-refractivity contribution in [3.63, 3.8) is 0 Å². The molecule has 8 nitrogen and oxygen atoms in total. The molecule has 0 unspecified atom stereocenters. The van der Waals surface area contributed by atoms with E-state index < -0.39 is 6.03 Å². The van der Waals surface area contributed by atoms with Gasteiger partial charge in [0.1, 0.15) is 0 Å². The molecule has 28 heavy (non-hydrogen) atoms. The van der Waals surface area contributed by atoms with Crippen molar-refractivity contribution in [3.05, 3.63) is 40.6 Å². The molecule has 4 rings (SSSR count). The molecule has 3 heterocycles. The third-order valence-electron chi connectivity index (χ3n) is 4.70. The minimum absolute atomic E-state index is 0.171. The maximum absolute atomic E-state index is 12.2. The Kier molecular flexibility index (Phi) is 5.75. The molecule has 0 saturated carbocycles. The standard InChI is InChI=1S/C19H22N4O4S/c24-18(11-23-6-4-22(5-7-23)10-14-3-8-28-12-14)21-19(25)20-15-1-2-16-17(9-15)27-13-26-16/h1-3,8-9,12H,4-7,10-11,13H2,(H2,20,21,24,25). The van der Waals surface area contributed by atoms with E-state index in [0.29, 0.717) is 17.2 Å². The fraction of sp³-hybridized carbons (Fsp3) is 0.368. The first-order valence-electron chi connectivity index (χ1n) is 9.12. The van der Waals surface area contributed by atoms with Gasteiger partial charge in [0.05, 0.1) is 6.54 Å². The number of anilines is 1. The maximum Gasteiger partial charge on any atom is 0.325 e. The van der Waals surface area contributed by atoms with E-state index in [1.54, 1.807) is 29.5 Å². The van der Waals surface area contributed by atoms with E-state index in [2.05, 4.69) is 37.3 Å². The highest BCUT2D eigenvalue weighted by Gasteiger charge is 2.20. The van der Waals surface area contributed by atoms with Crippen LogP contribution in [0.1, 0.15) is 5.56 Å². The Labute approximate surface area is 167 Å². The first-order valence-corrected chi connectivity index (χ1v) is 10.1. The number of rotatable bonds is 5. The average Bonchev–Trinajstić information content (AvgIpc) is 3.34. The number of urea groups is 1. The van der Waals surface area contributed by atoms with Crippen molar-refractivity contribution in [2.45, 2.75) is 6.54 Å². The summed E-state index contributed by atoms with van der Waals surface area (Å²) in [5, 5.41) is 9.27.